The van der Waals surface area contributed by atoms with E-state index in [9.17, 15) is 22.8 Å². The van der Waals surface area contributed by atoms with Crippen molar-refractivity contribution < 1.29 is 22.8 Å². The number of halogens is 3. The van der Waals surface area contributed by atoms with Gasteiger partial charge in [-0.3, -0.25) is 14.5 Å². The van der Waals surface area contributed by atoms with Crippen LogP contribution in [0.3, 0.4) is 0 Å². The Labute approximate surface area is 189 Å². The molecule has 170 valence electrons. The maximum absolute atomic E-state index is 12.9. The van der Waals surface area contributed by atoms with E-state index < -0.39 is 11.7 Å². The topological polar surface area (TPSA) is 49.4 Å². The standard InChI is InChI=1S/C24H25F3N2O2S/c25-24(26,27)18-8-12-20(13-9-18)29-22(31)15-32-23(29)17-6-10-19(11-7-17)28-21(30)14-5-16-3-1-2-4-16/h6-13,16,23H,1-5,14-15H2,(H,28,30)/t23-/m1/s1. The summed E-state index contributed by atoms with van der Waals surface area (Å²) in [6.45, 7) is 0. The molecule has 0 aromatic heterocycles. The summed E-state index contributed by atoms with van der Waals surface area (Å²) in [5.74, 6) is 0.771. The van der Waals surface area contributed by atoms with Crippen LogP contribution in [0.4, 0.5) is 24.5 Å². The number of carbonyl (C=O) groups is 2. The zero-order valence-electron chi connectivity index (χ0n) is 17.5. The van der Waals surface area contributed by atoms with E-state index in [4.69, 9.17) is 0 Å². The molecule has 1 saturated heterocycles. The Hall–Kier alpha value is -2.48. The SMILES string of the molecule is O=C(CCC1CCCC1)Nc1ccc([C@H]2SCC(=O)N2c2ccc(C(F)(F)F)cc2)cc1. The van der Waals surface area contributed by atoms with E-state index >= 15 is 0 Å². The minimum Gasteiger partial charge on any atom is -0.326 e. The predicted molar refractivity (Wildman–Crippen MR) is 120 cm³/mol. The summed E-state index contributed by atoms with van der Waals surface area (Å²) in [5, 5.41) is 2.60. The summed E-state index contributed by atoms with van der Waals surface area (Å²) in [6.07, 6.45) is 1.98. The minimum atomic E-state index is -4.42. The lowest BCUT2D eigenvalue weighted by Crippen LogP contribution is -2.27. The Kier molecular flexibility index (Phi) is 6.79. The lowest BCUT2D eigenvalue weighted by Gasteiger charge is -2.25. The van der Waals surface area contributed by atoms with Gasteiger partial charge in [-0.1, -0.05) is 37.8 Å². The fraction of sp³-hybridized carbons (Fsp3) is 0.417. The first-order valence-corrected chi connectivity index (χ1v) is 11.9. The van der Waals surface area contributed by atoms with Crippen molar-refractivity contribution in [2.45, 2.75) is 50.1 Å². The molecule has 1 aliphatic heterocycles. The number of benzene rings is 2. The smallest absolute Gasteiger partial charge is 0.326 e. The van der Waals surface area contributed by atoms with Gasteiger partial charge in [-0.25, -0.2) is 0 Å². The van der Waals surface area contributed by atoms with E-state index in [-0.39, 0.29) is 22.9 Å². The summed E-state index contributed by atoms with van der Waals surface area (Å²) in [7, 11) is 0. The number of anilines is 2. The molecular formula is C24H25F3N2O2S. The average Bonchev–Trinajstić information content (AvgIpc) is 3.42. The highest BCUT2D eigenvalue weighted by Gasteiger charge is 2.35. The molecule has 32 heavy (non-hydrogen) atoms. The van der Waals surface area contributed by atoms with Crippen molar-refractivity contribution in [1.82, 2.24) is 0 Å². The Morgan fingerprint density at radius 2 is 1.69 bits per heavy atom. The van der Waals surface area contributed by atoms with Gasteiger partial charge in [0.15, 0.2) is 0 Å². The Balaban J connectivity index is 1.41. The Morgan fingerprint density at radius 1 is 1.03 bits per heavy atom. The molecule has 2 aromatic carbocycles. The van der Waals surface area contributed by atoms with Crippen LogP contribution in [0.15, 0.2) is 48.5 Å². The van der Waals surface area contributed by atoms with E-state index in [2.05, 4.69) is 5.32 Å². The van der Waals surface area contributed by atoms with Crippen molar-refractivity contribution >= 4 is 35.0 Å². The summed E-state index contributed by atoms with van der Waals surface area (Å²) in [6, 6.07) is 11.9. The van der Waals surface area contributed by atoms with E-state index in [0.717, 1.165) is 24.1 Å². The highest BCUT2D eigenvalue weighted by atomic mass is 32.2. The molecule has 2 aromatic rings. The molecule has 2 fully saturated rings. The number of hydrogen-bond donors (Lipinski definition) is 1. The first-order valence-electron chi connectivity index (χ1n) is 10.8. The van der Waals surface area contributed by atoms with Gasteiger partial charge < -0.3 is 5.32 Å². The average molecular weight is 463 g/mol. The van der Waals surface area contributed by atoms with Crippen LogP contribution in [0.5, 0.6) is 0 Å². The van der Waals surface area contributed by atoms with Crippen molar-refractivity contribution in [3.63, 3.8) is 0 Å². The zero-order chi connectivity index (χ0) is 22.7. The lowest BCUT2D eigenvalue weighted by molar-refractivity contribution is -0.137. The third-order valence-corrected chi connectivity index (χ3v) is 7.29. The summed E-state index contributed by atoms with van der Waals surface area (Å²) in [5.41, 5.74) is 1.23. The second kappa shape index (κ2) is 9.57. The number of alkyl halides is 3. The second-order valence-electron chi connectivity index (χ2n) is 8.33. The van der Waals surface area contributed by atoms with Crippen molar-refractivity contribution in [1.29, 1.82) is 0 Å². The number of hydrogen-bond acceptors (Lipinski definition) is 3. The zero-order valence-corrected chi connectivity index (χ0v) is 18.3. The van der Waals surface area contributed by atoms with Crippen molar-refractivity contribution in [2.24, 2.45) is 5.92 Å². The van der Waals surface area contributed by atoms with E-state index in [1.54, 1.807) is 12.1 Å². The molecule has 1 heterocycles. The molecule has 1 saturated carbocycles. The third kappa shape index (κ3) is 5.28. The lowest BCUT2D eigenvalue weighted by atomic mass is 10.0. The van der Waals surface area contributed by atoms with Crippen LogP contribution >= 0.6 is 11.8 Å². The van der Waals surface area contributed by atoms with Gasteiger partial charge in [-0.2, -0.15) is 13.2 Å². The molecule has 1 N–H and O–H groups in total. The molecule has 4 nitrogen and oxygen atoms in total. The highest BCUT2D eigenvalue weighted by molar-refractivity contribution is 8.00. The van der Waals surface area contributed by atoms with Crippen LogP contribution in [0, 0.1) is 5.92 Å². The minimum absolute atomic E-state index is 0.00134. The third-order valence-electron chi connectivity index (χ3n) is 6.07. The van der Waals surface area contributed by atoms with E-state index in [1.165, 1.54) is 54.5 Å². The van der Waals surface area contributed by atoms with Gasteiger partial charge in [0.2, 0.25) is 11.8 Å². The van der Waals surface area contributed by atoms with Crippen molar-refractivity contribution in [3.8, 4) is 0 Å². The molecule has 0 spiro atoms. The van der Waals surface area contributed by atoms with Gasteiger partial charge in [-0.15, -0.1) is 11.8 Å². The quantitative estimate of drug-likeness (QED) is 0.541. The molecule has 0 radical (unpaired) electrons. The first kappa shape index (κ1) is 22.7. The first-order chi connectivity index (χ1) is 15.3. The van der Waals surface area contributed by atoms with Crippen molar-refractivity contribution in [3.05, 3.63) is 59.7 Å². The number of rotatable bonds is 6. The molecule has 0 bridgehead atoms. The van der Waals surface area contributed by atoms with Crippen LogP contribution in [0.2, 0.25) is 0 Å². The number of nitrogens with one attached hydrogen (secondary N) is 1. The van der Waals surface area contributed by atoms with Gasteiger partial charge in [0.05, 0.1) is 11.3 Å². The van der Waals surface area contributed by atoms with Gasteiger partial charge in [0.25, 0.3) is 0 Å². The van der Waals surface area contributed by atoms with E-state index in [1.807, 2.05) is 12.1 Å². The van der Waals surface area contributed by atoms with Gasteiger partial charge in [0.1, 0.15) is 5.37 Å². The van der Waals surface area contributed by atoms with E-state index in [0.29, 0.717) is 23.7 Å². The van der Waals surface area contributed by atoms with Gasteiger partial charge >= 0.3 is 6.18 Å². The van der Waals surface area contributed by atoms with Crippen LogP contribution in [0.1, 0.15) is 55.0 Å². The summed E-state index contributed by atoms with van der Waals surface area (Å²) >= 11 is 1.43. The molecule has 2 amide bonds. The second-order valence-corrected chi connectivity index (χ2v) is 9.40. The Morgan fingerprint density at radius 3 is 2.31 bits per heavy atom. The van der Waals surface area contributed by atoms with Crippen LogP contribution in [-0.2, 0) is 15.8 Å². The molecule has 1 aliphatic carbocycles. The Bertz CT molecular complexity index is 955. The number of thioether (sulfide) groups is 1. The fourth-order valence-corrected chi connectivity index (χ4v) is 5.53. The van der Waals surface area contributed by atoms with Gasteiger partial charge in [0, 0.05) is 17.8 Å². The molecule has 1 atom stereocenters. The van der Waals surface area contributed by atoms with Gasteiger partial charge in [-0.05, 0) is 54.3 Å². The monoisotopic (exact) mass is 462 g/mol. The highest BCUT2D eigenvalue weighted by Crippen LogP contribution is 2.42. The molecule has 2 aliphatic rings. The fourth-order valence-electron chi connectivity index (χ4n) is 4.35. The van der Waals surface area contributed by atoms with Crippen molar-refractivity contribution in [2.75, 3.05) is 16.0 Å². The molecule has 4 rings (SSSR count). The predicted octanol–water partition coefficient (Wildman–Crippen LogP) is 6.39. The van der Waals surface area contributed by atoms with Crippen LogP contribution in [0.25, 0.3) is 0 Å². The number of carbonyl (C=O) groups excluding carboxylic acids is 2. The van der Waals surface area contributed by atoms with Crippen LogP contribution < -0.4 is 10.2 Å². The number of nitrogens with zero attached hydrogens (tertiary/aromatic N) is 1. The normalized spacial score (nSPS) is 19.5. The summed E-state index contributed by atoms with van der Waals surface area (Å²) < 4.78 is 38.6. The number of amides is 2. The van der Waals surface area contributed by atoms with Crippen LogP contribution in [-0.4, -0.2) is 17.6 Å². The maximum atomic E-state index is 12.9. The molecule has 0 unspecified atom stereocenters. The summed E-state index contributed by atoms with van der Waals surface area (Å²) in [4.78, 5) is 26.2. The maximum Gasteiger partial charge on any atom is 0.416 e. The molecular weight excluding hydrogens is 437 g/mol. The largest absolute Gasteiger partial charge is 0.416 e. The molecule has 8 heteroatoms.